The van der Waals surface area contributed by atoms with E-state index in [0.717, 1.165) is 24.7 Å². The van der Waals surface area contributed by atoms with Crippen LogP contribution in [0.2, 0.25) is 0 Å². The third-order valence-corrected chi connectivity index (χ3v) is 10.6. The van der Waals surface area contributed by atoms with Crippen LogP contribution in [0.25, 0.3) is 6.08 Å². The molecular formula is C36H52B2O4. The van der Waals surface area contributed by atoms with Crippen molar-refractivity contribution in [2.24, 2.45) is 10.8 Å². The molecule has 0 saturated carbocycles. The van der Waals surface area contributed by atoms with Gasteiger partial charge in [0, 0.05) is 0 Å². The van der Waals surface area contributed by atoms with Gasteiger partial charge in [0.05, 0.1) is 22.4 Å². The van der Waals surface area contributed by atoms with Crippen molar-refractivity contribution < 1.29 is 18.6 Å². The van der Waals surface area contributed by atoms with Gasteiger partial charge in [-0.3, -0.25) is 0 Å². The molecule has 4 aliphatic rings. The highest BCUT2D eigenvalue weighted by atomic mass is 16.7. The van der Waals surface area contributed by atoms with Gasteiger partial charge in [0.25, 0.3) is 0 Å². The smallest absolute Gasteiger partial charge is 0.399 e. The quantitative estimate of drug-likeness (QED) is 0.362. The van der Waals surface area contributed by atoms with Gasteiger partial charge in [0.2, 0.25) is 0 Å². The molecule has 6 rings (SSSR count). The fourth-order valence-corrected chi connectivity index (χ4v) is 6.41. The lowest BCUT2D eigenvalue weighted by molar-refractivity contribution is 0.00578. The Morgan fingerprint density at radius 1 is 0.571 bits per heavy atom. The van der Waals surface area contributed by atoms with Gasteiger partial charge in [-0.15, -0.1) is 0 Å². The van der Waals surface area contributed by atoms with Crippen molar-refractivity contribution >= 4 is 31.2 Å². The predicted molar refractivity (Wildman–Crippen MR) is 177 cm³/mol. The summed E-state index contributed by atoms with van der Waals surface area (Å²) in [5.74, 6) is 0. The van der Waals surface area contributed by atoms with Gasteiger partial charge in [0.1, 0.15) is 0 Å². The van der Waals surface area contributed by atoms with Crippen LogP contribution in [0.5, 0.6) is 0 Å². The van der Waals surface area contributed by atoms with Crippen molar-refractivity contribution in [3.05, 3.63) is 64.7 Å². The topological polar surface area (TPSA) is 36.9 Å². The van der Waals surface area contributed by atoms with E-state index >= 15 is 0 Å². The average molecular weight is 570 g/mol. The third kappa shape index (κ3) is 5.94. The van der Waals surface area contributed by atoms with E-state index in [1.165, 1.54) is 34.1 Å². The minimum Gasteiger partial charge on any atom is -0.399 e. The van der Waals surface area contributed by atoms with Crippen LogP contribution in [0, 0.1) is 10.8 Å². The second-order valence-electron chi connectivity index (χ2n) is 16.4. The molecule has 0 amide bonds. The van der Waals surface area contributed by atoms with E-state index in [2.05, 4.69) is 132 Å². The fourth-order valence-electron chi connectivity index (χ4n) is 6.41. The molecule has 0 radical (unpaired) electrons. The molecular weight excluding hydrogens is 518 g/mol. The van der Waals surface area contributed by atoms with E-state index in [4.69, 9.17) is 18.6 Å². The lowest BCUT2D eigenvalue weighted by Gasteiger charge is -2.32. The largest absolute Gasteiger partial charge is 0.495 e. The molecule has 2 aromatic carbocycles. The first-order valence-corrected chi connectivity index (χ1v) is 15.9. The number of hydrogen-bond donors (Lipinski definition) is 0. The summed E-state index contributed by atoms with van der Waals surface area (Å²) in [6.07, 6.45) is 9.10. The third-order valence-electron chi connectivity index (χ3n) is 10.6. The molecule has 0 aromatic heterocycles. The average Bonchev–Trinajstić information content (AvgIpc) is 3.21. The minimum absolute atomic E-state index is 0.224. The van der Waals surface area contributed by atoms with E-state index in [-0.39, 0.29) is 42.1 Å². The monoisotopic (exact) mass is 570 g/mol. The second-order valence-corrected chi connectivity index (χ2v) is 16.4. The van der Waals surface area contributed by atoms with Crippen LogP contribution in [0.1, 0.15) is 112 Å². The highest BCUT2D eigenvalue weighted by molar-refractivity contribution is 6.63. The van der Waals surface area contributed by atoms with Crippen LogP contribution in [-0.4, -0.2) is 36.6 Å². The maximum Gasteiger partial charge on any atom is 0.495 e. The van der Waals surface area contributed by atoms with Gasteiger partial charge in [-0.25, -0.2) is 0 Å². The number of rotatable bonds is 2. The first kappa shape index (κ1) is 31.6. The normalized spacial score (nSPS) is 25.3. The van der Waals surface area contributed by atoms with Gasteiger partial charge < -0.3 is 18.6 Å². The first-order chi connectivity index (χ1) is 19.2. The maximum absolute atomic E-state index is 6.25. The molecule has 2 aliphatic heterocycles. The van der Waals surface area contributed by atoms with Gasteiger partial charge in [-0.05, 0) is 125 Å². The molecule has 6 heteroatoms. The Labute approximate surface area is 256 Å². The molecule has 2 fully saturated rings. The Hall–Kier alpha value is -1.85. The van der Waals surface area contributed by atoms with Crippen LogP contribution in [0.15, 0.2) is 42.5 Å². The summed E-state index contributed by atoms with van der Waals surface area (Å²) in [5, 5.41) is 0. The lowest BCUT2D eigenvalue weighted by Crippen LogP contribution is -2.41. The second kappa shape index (κ2) is 10.4. The van der Waals surface area contributed by atoms with E-state index in [9.17, 15) is 0 Å². The summed E-state index contributed by atoms with van der Waals surface area (Å²) < 4.78 is 24.9. The Morgan fingerprint density at radius 2 is 1.05 bits per heavy atom. The van der Waals surface area contributed by atoms with Gasteiger partial charge >= 0.3 is 14.2 Å². The van der Waals surface area contributed by atoms with E-state index in [1.807, 2.05) is 0 Å². The van der Waals surface area contributed by atoms with Gasteiger partial charge in [-0.2, -0.15) is 0 Å². The maximum atomic E-state index is 6.25. The number of hydrogen-bond acceptors (Lipinski definition) is 4. The molecule has 0 atom stereocenters. The standard InChI is InChI=1S/C18H27BO2.C18H25BO2/c2*1-16(2)11-10-14-13(12-16)8-7-9-15(14)19-20-17(3,4)18(5,6)21-19/h7-9H,10-12H2,1-6H3;7-11H,12H2,1-6H3. The SMILES string of the molecule is CC1(C)C=Cc2c(cccc2B2OC(C)(C)C(C)(C)O2)C1.CC1(C)CCc2c(cccc2B2OC(C)(C)C(C)(C)O2)C1. The summed E-state index contributed by atoms with van der Waals surface area (Å²) in [7, 11) is -0.512. The molecule has 4 nitrogen and oxygen atoms in total. The number of fused-ring (bicyclic) bond motifs is 2. The van der Waals surface area contributed by atoms with Crippen molar-refractivity contribution in [1.29, 1.82) is 0 Å². The molecule has 2 heterocycles. The molecule has 0 N–H and O–H groups in total. The first-order valence-electron chi connectivity index (χ1n) is 15.9. The molecule has 0 spiro atoms. The molecule has 42 heavy (non-hydrogen) atoms. The Kier molecular flexibility index (Phi) is 7.79. The zero-order chi connectivity index (χ0) is 30.9. The Bertz CT molecular complexity index is 1340. The van der Waals surface area contributed by atoms with Gasteiger partial charge in [-0.1, -0.05) is 76.2 Å². The highest BCUT2D eigenvalue weighted by Gasteiger charge is 2.53. The number of allylic oxidation sites excluding steroid dienone is 1. The summed E-state index contributed by atoms with van der Waals surface area (Å²) in [4.78, 5) is 0. The van der Waals surface area contributed by atoms with Crippen LogP contribution in [-0.2, 0) is 37.9 Å². The van der Waals surface area contributed by atoms with Crippen molar-refractivity contribution in [3.63, 3.8) is 0 Å². The molecule has 226 valence electrons. The van der Waals surface area contributed by atoms with Crippen molar-refractivity contribution in [1.82, 2.24) is 0 Å². The summed E-state index contributed by atoms with van der Waals surface area (Å²) >= 11 is 0. The Balaban J connectivity index is 0.000000168. The van der Waals surface area contributed by atoms with Crippen LogP contribution < -0.4 is 10.9 Å². The van der Waals surface area contributed by atoms with Crippen LogP contribution in [0.3, 0.4) is 0 Å². The zero-order valence-electron chi connectivity index (χ0n) is 28.2. The molecule has 2 aromatic rings. The number of benzene rings is 2. The molecule has 0 bridgehead atoms. The zero-order valence-corrected chi connectivity index (χ0v) is 28.2. The van der Waals surface area contributed by atoms with E-state index < -0.39 is 0 Å². The molecule has 2 saturated heterocycles. The highest BCUT2D eigenvalue weighted by Crippen LogP contribution is 2.40. The fraction of sp³-hybridized carbons (Fsp3) is 0.611. The van der Waals surface area contributed by atoms with Crippen molar-refractivity contribution in [2.75, 3.05) is 0 Å². The summed E-state index contributed by atoms with van der Waals surface area (Å²) in [6.45, 7) is 26.1. The van der Waals surface area contributed by atoms with E-state index in [0.29, 0.717) is 5.41 Å². The van der Waals surface area contributed by atoms with E-state index in [1.54, 1.807) is 0 Å². The molecule has 0 unspecified atom stereocenters. The van der Waals surface area contributed by atoms with Crippen molar-refractivity contribution in [2.45, 2.75) is 131 Å². The minimum atomic E-state index is -0.294. The lowest BCUT2D eigenvalue weighted by atomic mass is 9.67. The van der Waals surface area contributed by atoms with Gasteiger partial charge in [0.15, 0.2) is 0 Å². The van der Waals surface area contributed by atoms with Crippen molar-refractivity contribution in [3.8, 4) is 0 Å². The predicted octanol–water partition coefficient (Wildman–Crippen LogP) is 7.08. The molecule has 2 aliphatic carbocycles. The summed E-state index contributed by atoms with van der Waals surface area (Å²) in [6, 6.07) is 13.1. The Morgan fingerprint density at radius 3 is 1.60 bits per heavy atom. The summed E-state index contributed by atoms with van der Waals surface area (Å²) in [5.41, 5.74) is 7.47. The van der Waals surface area contributed by atoms with Crippen LogP contribution >= 0.6 is 0 Å². The van der Waals surface area contributed by atoms with Crippen LogP contribution in [0.4, 0.5) is 0 Å².